The van der Waals surface area contributed by atoms with Crippen molar-refractivity contribution < 1.29 is 0 Å². The SMILES string of the molecule is CC(C)C1(c2ccc(CC(C)C3(c4ccc(Cl)cc4)CC3)cc2)CC1. The number of hydrogen-bond donors (Lipinski definition) is 0. The van der Waals surface area contributed by atoms with Crippen molar-refractivity contribution in [1.29, 1.82) is 0 Å². The molecule has 0 radical (unpaired) electrons. The van der Waals surface area contributed by atoms with Gasteiger partial charge in [-0.3, -0.25) is 0 Å². The number of benzene rings is 2. The maximum absolute atomic E-state index is 6.07. The molecule has 0 aliphatic heterocycles. The Hall–Kier alpha value is -1.27. The highest BCUT2D eigenvalue weighted by atomic mass is 35.5. The van der Waals surface area contributed by atoms with Crippen molar-refractivity contribution >= 4 is 11.6 Å². The molecule has 2 saturated carbocycles. The Kier molecular flexibility index (Phi) is 4.23. The predicted molar refractivity (Wildman–Crippen MR) is 107 cm³/mol. The number of rotatable bonds is 6. The molecule has 0 heterocycles. The van der Waals surface area contributed by atoms with Crippen molar-refractivity contribution in [3.8, 4) is 0 Å². The second-order valence-electron chi connectivity index (χ2n) is 8.78. The molecule has 1 unspecified atom stereocenters. The highest BCUT2D eigenvalue weighted by Gasteiger charge is 2.48. The lowest BCUT2D eigenvalue weighted by molar-refractivity contribution is 0.437. The Balaban J connectivity index is 1.48. The van der Waals surface area contributed by atoms with Crippen molar-refractivity contribution in [2.24, 2.45) is 11.8 Å². The highest BCUT2D eigenvalue weighted by Crippen LogP contribution is 2.55. The molecule has 0 aromatic heterocycles. The number of hydrogen-bond acceptors (Lipinski definition) is 0. The third-order valence-electron chi connectivity index (χ3n) is 7.12. The second-order valence-corrected chi connectivity index (χ2v) is 9.21. The summed E-state index contributed by atoms with van der Waals surface area (Å²) in [5.74, 6) is 1.41. The molecule has 0 bridgehead atoms. The minimum absolute atomic E-state index is 0.374. The van der Waals surface area contributed by atoms with E-state index in [1.807, 2.05) is 12.1 Å². The van der Waals surface area contributed by atoms with Gasteiger partial charge in [-0.05, 0) is 83.6 Å². The smallest absolute Gasteiger partial charge is 0.0406 e. The monoisotopic (exact) mass is 352 g/mol. The van der Waals surface area contributed by atoms with Gasteiger partial charge in [0.1, 0.15) is 0 Å². The molecule has 2 aromatic rings. The van der Waals surface area contributed by atoms with Crippen LogP contribution < -0.4 is 0 Å². The van der Waals surface area contributed by atoms with Gasteiger partial charge in [-0.15, -0.1) is 0 Å². The Morgan fingerprint density at radius 1 is 0.760 bits per heavy atom. The second kappa shape index (κ2) is 6.16. The van der Waals surface area contributed by atoms with E-state index >= 15 is 0 Å². The van der Waals surface area contributed by atoms with E-state index in [0.717, 1.165) is 17.4 Å². The van der Waals surface area contributed by atoms with Gasteiger partial charge in [0, 0.05) is 5.02 Å². The van der Waals surface area contributed by atoms with Crippen molar-refractivity contribution in [2.75, 3.05) is 0 Å². The maximum Gasteiger partial charge on any atom is 0.0406 e. The fourth-order valence-corrected chi connectivity index (χ4v) is 4.96. The third kappa shape index (κ3) is 3.04. The van der Waals surface area contributed by atoms with Crippen LogP contribution in [-0.4, -0.2) is 0 Å². The van der Waals surface area contributed by atoms with Crippen molar-refractivity contribution in [3.05, 3.63) is 70.2 Å². The lowest BCUT2D eigenvalue weighted by Crippen LogP contribution is -2.20. The molecule has 0 amide bonds. The van der Waals surface area contributed by atoms with E-state index in [-0.39, 0.29) is 0 Å². The van der Waals surface area contributed by atoms with Gasteiger partial charge in [0.2, 0.25) is 0 Å². The molecule has 25 heavy (non-hydrogen) atoms. The summed E-state index contributed by atoms with van der Waals surface area (Å²) < 4.78 is 0. The Labute approximate surface area is 157 Å². The summed E-state index contributed by atoms with van der Waals surface area (Å²) in [6.45, 7) is 7.16. The van der Waals surface area contributed by atoms with E-state index in [0.29, 0.717) is 16.7 Å². The van der Waals surface area contributed by atoms with Crippen LogP contribution in [0.15, 0.2) is 48.5 Å². The van der Waals surface area contributed by atoms with Gasteiger partial charge in [0.05, 0.1) is 0 Å². The molecule has 1 heteroatoms. The van der Waals surface area contributed by atoms with Gasteiger partial charge in [0.15, 0.2) is 0 Å². The van der Waals surface area contributed by atoms with Crippen molar-refractivity contribution in [2.45, 2.75) is 63.7 Å². The van der Waals surface area contributed by atoms with Gasteiger partial charge < -0.3 is 0 Å². The van der Waals surface area contributed by atoms with Gasteiger partial charge >= 0.3 is 0 Å². The molecule has 1 atom stereocenters. The standard InChI is InChI=1S/C24H29Cl/c1-17(2)23(12-13-23)20-6-4-19(5-7-20)16-18(3)24(14-15-24)21-8-10-22(25)11-9-21/h4-11,17-18H,12-16H2,1-3H3. The normalized spacial score (nSPS) is 21.2. The van der Waals surface area contributed by atoms with Crippen LogP contribution in [0.3, 0.4) is 0 Å². The molecular weight excluding hydrogens is 324 g/mol. The largest absolute Gasteiger partial charge is 0.0843 e. The first-order chi connectivity index (χ1) is 12.0. The number of halogens is 1. The average Bonchev–Trinajstić information content (AvgIpc) is 3.49. The summed E-state index contributed by atoms with van der Waals surface area (Å²) in [7, 11) is 0. The van der Waals surface area contributed by atoms with E-state index < -0.39 is 0 Å². The molecule has 0 spiro atoms. The molecule has 0 saturated heterocycles. The summed E-state index contributed by atoms with van der Waals surface area (Å²) in [5, 5.41) is 0.835. The fourth-order valence-electron chi connectivity index (χ4n) is 4.84. The quantitative estimate of drug-likeness (QED) is 0.528. The molecule has 0 N–H and O–H groups in total. The lowest BCUT2D eigenvalue weighted by atomic mass is 9.79. The first-order valence-corrected chi connectivity index (χ1v) is 10.2. The van der Waals surface area contributed by atoms with Gasteiger partial charge in [-0.1, -0.05) is 68.8 Å². The molecule has 2 fully saturated rings. The van der Waals surface area contributed by atoms with Crippen LogP contribution in [0.4, 0.5) is 0 Å². The van der Waals surface area contributed by atoms with E-state index in [4.69, 9.17) is 11.6 Å². The zero-order valence-corrected chi connectivity index (χ0v) is 16.4. The van der Waals surface area contributed by atoms with Crippen LogP contribution in [0.5, 0.6) is 0 Å². The minimum Gasteiger partial charge on any atom is -0.0843 e. The first kappa shape index (κ1) is 17.2. The van der Waals surface area contributed by atoms with Crippen molar-refractivity contribution in [3.63, 3.8) is 0 Å². The zero-order valence-electron chi connectivity index (χ0n) is 15.7. The predicted octanol–water partition coefficient (Wildman–Crippen LogP) is 6.94. The molecule has 4 rings (SSSR count). The Morgan fingerprint density at radius 2 is 1.24 bits per heavy atom. The lowest BCUT2D eigenvalue weighted by Gasteiger charge is -2.25. The summed E-state index contributed by atoms with van der Waals surface area (Å²) in [6, 6.07) is 18.1. The maximum atomic E-state index is 6.07. The van der Waals surface area contributed by atoms with E-state index in [9.17, 15) is 0 Å². The summed E-state index contributed by atoms with van der Waals surface area (Å²) in [4.78, 5) is 0. The fraction of sp³-hybridized carbons (Fsp3) is 0.500. The van der Waals surface area contributed by atoms with E-state index in [2.05, 4.69) is 57.2 Å². The molecule has 2 aliphatic carbocycles. The topological polar surface area (TPSA) is 0 Å². The highest BCUT2D eigenvalue weighted by molar-refractivity contribution is 6.30. The molecule has 132 valence electrons. The Morgan fingerprint density at radius 3 is 1.72 bits per heavy atom. The van der Waals surface area contributed by atoms with E-state index in [1.54, 1.807) is 5.56 Å². The minimum atomic E-state index is 0.374. The van der Waals surface area contributed by atoms with Crippen LogP contribution in [0.1, 0.15) is 63.1 Å². The van der Waals surface area contributed by atoms with Gasteiger partial charge in [-0.2, -0.15) is 0 Å². The van der Waals surface area contributed by atoms with Crippen molar-refractivity contribution in [1.82, 2.24) is 0 Å². The van der Waals surface area contributed by atoms with Crippen LogP contribution in [-0.2, 0) is 17.3 Å². The van der Waals surface area contributed by atoms with Gasteiger partial charge in [-0.25, -0.2) is 0 Å². The third-order valence-corrected chi connectivity index (χ3v) is 7.37. The molecule has 0 nitrogen and oxygen atoms in total. The van der Waals surface area contributed by atoms with E-state index in [1.165, 1.54) is 36.8 Å². The first-order valence-electron chi connectivity index (χ1n) is 9.82. The summed E-state index contributed by atoms with van der Waals surface area (Å²) in [5.41, 5.74) is 5.36. The van der Waals surface area contributed by atoms with Crippen LogP contribution in [0.25, 0.3) is 0 Å². The average molecular weight is 353 g/mol. The molecule has 2 aliphatic rings. The van der Waals surface area contributed by atoms with Gasteiger partial charge in [0.25, 0.3) is 0 Å². The van der Waals surface area contributed by atoms with Crippen LogP contribution >= 0.6 is 11.6 Å². The van der Waals surface area contributed by atoms with Crippen LogP contribution in [0, 0.1) is 11.8 Å². The summed E-state index contributed by atoms with van der Waals surface area (Å²) in [6.07, 6.45) is 6.51. The Bertz CT molecular complexity index is 731. The summed E-state index contributed by atoms with van der Waals surface area (Å²) >= 11 is 6.07. The molecular formula is C24H29Cl. The molecule has 2 aromatic carbocycles. The zero-order chi connectivity index (χ0) is 17.7. The van der Waals surface area contributed by atoms with Crippen LogP contribution in [0.2, 0.25) is 5.02 Å².